The Kier molecular flexibility index (Phi) is 7.58. The summed E-state index contributed by atoms with van der Waals surface area (Å²) in [7, 11) is 0. The zero-order chi connectivity index (χ0) is 39.3. The predicted octanol–water partition coefficient (Wildman–Crippen LogP) is 6.88. The second kappa shape index (κ2) is 12.5. The fourth-order valence-corrected chi connectivity index (χ4v) is 9.27. The number of hydrogen-bond acceptors (Lipinski definition) is 8. The fraction of sp³-hybridized carbons (Fsp3) is 0.174. The molecular weight excluding hydrogens is 717 g/mol. The van der Waals surface area contributed by atoms with Crippen LogP contribution in [0.5, 0.6) is 5.88 Å². The maximum absolute atomic E-state index is 14.3. The molecule has 11 heteroatoms. The third-order valence-electron chi connectivity index (χ3n) is 11.8. The molecule has 5 aromatic carbocycles. The summed E-state index contributed by atoms with van der Waals surface area (Å²) in [4.78, 5) is 68.2. The van der Waals surface area contributed by atoms with Gasteiger partial charge in [0.25, 0.3) is 5.56 Å². The van der Waals surface area contributed by atoms with E-state index >= 15 is 0 Å². The van der Waals surface area contributed by atoms with Crippen molar-refractivity contribution in [2.75, 3.05) is 4.90 Å². The van der Waals surface area contributed by atoms with Gasteiger partial charge in [-0.1, -0.05) is 92.2 Å². The number of nitrogens with zero attached hydrogens (tertiary/aromatic N) is 4. The van der Waals surface area contributed by atoms with E-state index in [0.717, 1.165) is 22.0 Å². The van der Waals surface area contributed by atoms with Gasteiger partial charge in [0, 0.05) is 28.1 Å². The maximum Gasteiger partial charge on any atom is 0.266 e. The van der Waals surface area contributed by atoms with E-state index in [2.05, 4.69) is 29.1 Å². The summed E-state index contributed by atoms with van der Waals surface area (Å²) < 4.78 is 1.64. The summed E-state index contributed by atoms with van der Waals surface area (Å²) in [6.07, 6.45) is 0. The number of Topliss-reactive ketones (excluding diaryl/α,β-unsaturated/α-hetero) is 1. The summed E-state index contributed by atoms with van der Waals surface area (Å²) in [5.41, 5.74) is 5.20. The molecule has 2 fully saturated rings. The van der Waals surface area contributed by atoms with E-state index in [9.17, 15) is 24.3 Å². The number of aromatic amines is 1. The average Bonchev–Trinajstić information content (AvgIpc) is 3.98. The minimum atomic E-state index is -1.11. The molecule has 0 bridgehead atoms. The highest BCUT2D eigenvalue weighted by Gasteiger charge is 2.70. The number of imide groups is 1. The average molecular weight is 753 g/mol. The first-order valence-corrected chi connectivity index (χ1v) is 19.0. The lowest BCUT2D eigenvalue weighted by Crippen LogP contribution is -2.51. The number of H-pyrrole nitrogens is 1. The van der Waals surface area contributed by atoms with Crippen LogP contribution in [0.3, 0.4) is 0 Å². The number of amides is 2. The SMILES string of the molecule is Cc1ccc(N2C(=O)[C@H]3C(C(C)C)NC4(c5ccccc5-n5c4nc4ccccc4c5=O)[C@H]3C2=O)cc1.O=C1C(c2c(O)[nH]c3ccccc23)=Nc2ccccc21. The summed E-state index contributed by atoms with van der Waals surface area (Å²) in [5, 5.41) is 15.1. The van der Waals surface area contributed by atoms with Crippen molar-refractivity contribution in [3.8, 4) is 11.6 Å². The Hall–Kier alpha value is -6.98. The van der Waals surface area contributed by atoms with Crippen LogP contribution in [0.15, 0.2) is 131 Å². The van der Waals surface area contributed by atoms with E-state index in [4.69, 9.17) is 4.98 Å². The zero-order valence-electron chi connectivity index (χ0n) is 31.2. The van der Waals surface area contributed by atoms with Gasteiger partial charge < -0.3 is 10.1 Å². The van der Waals surface area contributed by atoms with Crippen LogP contribution in [0.4, 0.5) is 11.4 Å². The second-order valence-electron chi connectivity index (χ2n) is 15.4. The first kappa shape index (κ1) is 34.5. The van der Waals surface area contributed by atoms with Gasteiger partial charge in [-0.3, -0.25) is 29.1 Å². The van der Waals surface area contributed by atoms with Crippen molar-refractivity contribution < 1.29 is 19.5 Å². The minimum Gasteiger partial charge on any atom is -0.494 e. The number of aromatic nitrogens is 3. The highest BCUT2D eigenvalue weighted by molar-refractivity contribution is 6.56. The van der Waals surface area contributed by atoms with E-state index in [1.165, 1.54) is 4.90 Å². The van der Waals surface area contributed by atoms with Crippen LogP contribution in [-0.2, 0) is 15.1 Å². The smallest absolute Gasteiger partial charge is 0.266 e. The van der Waals surface area contributed by atoms with Crippen molar-refractivity contribution in [2.45, 2.75) is 32.4 Å². The molecule has 2 amide bonds. The predicted molar refractivity (Wildman–Crippen MR) is 217 cm³/mol. The summed E-state index contributed by atoms with van der Waals surface area (Å²) >= 11 is 0. The van der Waals surface area contributed by atoms with Crippen molar-refractivity contribution in [1.82, 2.24) is 19.9 Å². The number of carbonyl (C=O) groups excluding carboxylic acids is 3. The van der Waals surface area contributed by atoms with Crippen molar-refractivity contribution in [1.29, 1.82) is 0 Å². The highest BCUT2D eigenvalue weighted by Crippen LogP contribution is 2.56. The molecule has 4 atom stereocenters. The van der Waals surface area contributed by atoms with Gasteiger partial charge in [-0.15, -0.1) is 0 Å². The van der Waals surface area contributed by atoms with Crippen molar-refractivity contribution >= 4 is 56.5 Å². The third-order valence-corrected chi connectivity index (χ3v) is 11.8. The summed E-state index contributed by atoms with van der Waals surface area (Å²) in [5.74, 6) is -1.43. The van der Waals surface area contributed by atoms with Crippen molar-refractivity contribution in [3.63, 3.8) is 0 Å². The van der Waals surface area contributed by atoms with Crippen LogP contribution in [-0.4, -0.2) is 49.0 Å². The fourth-order valence-electron chi connectivity index (χ4n) is 9.27. The summed E-state index contributed by atoms with van der Waals surface area (Å²) in [6.45, 7) is 6.09. The van der Waals surface area contributed by atoms with Gasteiger partial charge >= 0.3 is 0 Å². The van der Waals surface area contributed by atoms with Crippen molar-refractivity contribution in [2.24, 2.45) is 22.7 Å². The number of fused-ring (bicyclic) bond motifs is 10. The molecule has 11 rings (SSSR count). The number of rotatable bonds is 3. The first-order chi connectivity index (χ1) is 27.6. The molecule has 11 nitrogen and oxygen atoms in total. The molecule has 3 N–H and O–H groups in total. The van der Waals surface area contributed by atoms with Crippen LogP contribution in [0.25, 0.3) is 27.5 Å². The molecule has 4 aliphatic heterocycles. The van der Waals surface area contributed by atoms with Gasteiger partial charge in [0.2, 0.25) is 17.6 Å². The quantitative estimate of drug-likeness (QED) is 0.167. The van der Waals surface area contributed by atoms with E-state index in [1.54, 1.807) is 22.8 Å². The number of ketones is 1. The van der Waals surface area contributed by atoms with E-state index in [0.29, 0.717) is 50.6 Å². The van der Waals surface area contributed by atoms with E-state index in [1.807, 2.05) is 110 Å². The van der Waals surface area contributed by atoms with Gasteiger partial charge in [-0.2, -0.15) is 0 Å². The zero-order valence-corrected chi connectivity index (χ0v) is 31.2. The Labute approximate surface area is 326 Å². The molecule has 2 saturated heterocycles. The Balaban J connectivity index is 0.000000166. The molecular formula is C46H36N6O5. The molecule has 6 heterocycles. The first-order valence-electron chi connectivity index (χ1n) is 19.0. The molecule has 1 spiro atoms. The lowest BCUT2D eigenvalue weighted by molar-refractivity contribution is -0.123. The van der Waals surface area contributed by atoms with E-state index < -0.39 is 17.4 Å². The van der Waals surface area contributed by atoms with Crippen LogP contribution < -0.4 is 15.8 Å². The number of para-hydroxylation sites is 4. The molecule has 2 unspecified atom stereocenters. The Morgan fingerprint density at radius 2 is 1.46 bits per heavy atom. The Morgan fingerprint density at radius 1 is 0.772 bits per heavy atom. The van der Waals surface area contributed by atoms with Crippen LogP contribution in [0.2, 0.25) is 0 Å². The molecule has 280 valence electrons. The Bertz CT molecular complexity index is 2960. The number of aryl methyl sites for hydroxylation is 1. The normalized spacial score (nSPS) is 21.5. The molecule has 7 aromatic rings. The molecule has 57 heavy (non-hydrogen) atoms. The topological polar surface area (TPSA) is 150 Å². The van der Waals surface area contributed by atoms with Gasteiger partial charge in [-0.05, 0) is 61.4 Å². The monoisotopic (exact) mass is 752 g/mol. The molecule has 0 saturated carbocycles. The molecule has 4 aliphatic rings. The number of carbonyl (C=O) groups is 3. The van der Waals surface area contributed by atoms with Gasteiger partial charge in [-0.25, -0.2) is 14.9 Å². The number of nitrogens with one attached hydrogen (secondary N) is 2. The molecule has 0 aliphatic carbocycles. The number of aliphatic imine (C=N–C) groups is 1. The lowest BCUT2D eigenvalue weighted by atomic mass is 9.75. The van der Waals surface area contributed by atoms with Gasteiger partial charge in [0.1, 0.15) is 17.1 Å². The standard InChI is InChI=1S/C30H26N4O3.C16H10N2O2/c1-16(2)25-23-24(28(37)33(27(23)36)18-14-12-17(3)13-15-18)30(32-25)20-9-5-7-11-22(20)34-26(35)19-8-4-6-10-21(19)31-29(30)34;19-15-10-6-2-4-8-12(10)17-14(15)13-9-5-1-3-7-11(9)18-16(13)20/h4-16,23-25,32H,1-3H3;1-8,18,20H/t23-,24-,25?,30?;/m1./s1. The van der Waals surface area contributed by atoms with Gasteiger partial charge in [0.15, 0.2) is 5.88 Å². The third kappa shape index (κ3) is 4.82. The Morgan fingerprint density at radius 3 is 2.23 bits per heavy atom. The highest BCUT2D eigenvalue weighted by atomic mass is 16.3. The van der Waals surface area contributed by atoms with Crippen LogP contribution in [0.1, 0.15) is 46.7 Å². The molecule has 0 radical (unpaired) electrons. The largest absolute Gasteiger partial charge is 0.494 e. The van der Waals surface area contributed by atoms with Crippen LogP contribution in [0, 0.1) is 24.7 Å². The minimum absolute atomic E-state index is 0.0221. The molecule has 2 aromatic heterocycles. The van der Waals surface area contributed by atoms with Crippen molar-refractivity contribution in [3.05, 3.63) is 160 Å². The lowest BCUT2D eigenvalue weighted by Gasteiger charge is -2.32. The second-order valence-corrected chi connectivity index (χ2v) is 15.4. The van der Waals surface area contributed by atoms with Gasteiger partial charge in [0.05, 0.1) is 45.4 Å². The number of hydrogen-bond donors (Lipinski definition) is 3. The maximum atomic E-state index is 14.3. The number of anilines is 1. The summed E-state index contributed by atoms with van der Waals surface area (Å²) in [6, 6.07) is 36.7. The van der Waals surface area contributed by atoms with E-state index in [-0.39, 0.29) is 41.0 Å². The van der Waals surface area contributed by atoms with Crippen LogP contribution >= 0.6 is 0 Å². The number of aromatic hydroxyl groups is 1. The number of benzene rings is 5.